The number of carbonyl (C=O) groups excluding carboxylic acids is 1. The van der Waals surface area contributed by atoms with Crippen LogP contribution < -0.4 is 5.32 Å². The van der Waals surface area contributed by atoms with Crippen molar-refractivity contribution >= 4 is 16.1 Å². The number of benzene rings is 1. The third-order valence-electron chi connectivity index (χ3n) is 5.95. The van der Waals surface area contributed by atoms with Crippen LogP contribution in [0.1, 0.15) is 36.8 Å². The number of sulfonamides is 1. The molecule has 0 aromatic heterocycles. The highest BCUT2D eigenvalue weighted by molar-refractivity contribution is 7.89. The Balaban J connectivity index is 1.57. The van der Waals surface area contributed by atoms with Crippen molar-refractivity contribution in [2.75, 3.05) is 26.2 Å². The molecule has 2 fully saturated rings. The predicted molar refractivity (Wildman–Crippen MR) is 107 cm³/mol. The molecule has 1 heterocycles. The molecular formula is C20H28F3N3O3S. The lowest BCUT2D eigenvalue weighted by Gasteiger charge is -2.36. The van der Waals surface area contributed by atoms with Crippen LogP contribution in [0, 0.1) is 19.8 Å². The summed E-state index contributed by atoms with van der Waals surface area (Å²) in [4.78, 5) is 14.3. The number of alkyl halides is 3. The van der Waals surface area contributed by atoms with Crippen LogP contribution in [-0.2, 0) is 10.0 Å². The third kappa shape index (κ3) is 5.08. The average molecular weight is 448 g/mol. The second kappa shape index (κ2) is 8.74. The van der Waals surface area contributed by atoms with Gasteiger partial charge < -0.3 is 10.2 Å². The molecule has 2 aliphatic rings. The first kappa shape index (κ1) is 22.9. The summed E-state index contributed by atoms with van der Waals surface area (Å²) < 4.78 is 66.2. The van der Waals surface area contributed by atoms with Crippen molar-refractivity contribution in [2.45, 2.75) is 56.6 Å². The molecule has 2 unspecified atom stereocenters. The Bertz CT molecular complexity index is 881. The van der Waals surface area contributed by atoms with Crippen molar-refractivity contribution in [1.29, 1.82) is 0 Å². The third-order valence-corrected chi connectivity index (χ3v) is 7.99. The number of nitrogens with zero attached hydrogens (tertiary/aromatic N) is 2. The van der Waals surface area contributed by atoms with Crippen molar-refractivity contribution in [2.24, 2.45) is 5.92 Å². The van der Waals surface area contributed by atoms with Crippen molar-refractivity contribution in [3.05, 3.63) is 29.3 Å². The second-order valence-corrected chi connectivity index (χ2v) is 10.1. The molecule has 1 saturated heterocycles. The van der Waals surface area contributed by atoms with Crippen LogP contribution in [-0.4, -0.2) is 62.1 Å². The quantitative estimate of drug-likeness (QED) is 0.772. The molecule has 6 nitrogen and oxygen atoms in total. The number of nitrogens with one attached hydrogen (secondary N) is 1. The van der Waals surface area contributed by atoms with E-state index in [0.717, 1.165) is 5.56 Å². The van der Waals surface area contributed by atoms with Gasteiger partial charge >= 0.3 is 12.2 Å². The topological polar surface area (TPSA) is 69.7 Å². The molecule has 168 valence electrons. The average Bonchev–Trinajstić information content (AvgIpc) is 2.69. The van der Waals surface area contributed by atoms with E-state index in [0.29, 0.717) is 18.4 Å². The van der Waals surface area contributed by atoms with E-state index < -0.39 is 34.2 Å². The number of piperazine rings is 1. The zero-order chi connectivity index (χ0) is 22.1. The Hall–Kier alpha value is -1.81. The van der Waals surface area contributed by atoms with Crippen LogP contribution in [0.5, 0.6) is 0 Å². The Morgan fingerprint density at radius 2 is 1.77 bits per heavy atom. The van der Waals surface area contributed by atoms with Gasteiger partial charge in [-0.1, -0.05) is 18.6 Å². The van der Waals surface area contributed by atoms with Crippen molar-refractivity contribution in [1.82, 2.24) is 14.5 Å². The fraction of sp³-hybridized carbons (Fsp3) is 0.650. The van der Waals surface area contributed by atoms with Gasteiger partial charge in [0.1, 0.15) is 0 Å². The van der Waals surface area contributed by atoms with Crippen molar-refractivity contribution in [3.63, 3.8) is 0 Å². The van der Waals surface area contributed by atoms with Gasteiger partial charge in [-0.2, -0.15) is 17.5 Å². The number of rotatable bonds is 3. The maximum absolute atomic E-state index is 13.0. The zero-order valence-electron chi connectivity index (χ0n) is 17.2. The van der Waals surface area contributed by atoms with Gasteiger partial charge in [-0.05, 0) is 50.3 Å². The molecular weight excluding hydrogens is 419 g/mol. The van der Waals surface area contributed by atoms with Crippen LogP contribution in [0.25, 0.3) is 0 Å². The zero-order valence-corrected chi connectivity index (χ0v) is 18.0. The molecule has 1 aromatic rings. The summed E-state index contributed by atoms with van der Waals surface area (Å²) in [5.41, 5.74) is 1.51. The van der Waals surface area contributed by atoms with E-state index in [1.54, 1.807) is 19.1 Å². The van der Waals surface area contributed by atoms with Crippen LogP contribution in [0.15, 0.2) is 23.1 Å². The SMILES string of the molecule is Cc1ccc(C)c(S(=O)(=O)N2CCN(C(=O)NC3CCCC(C(F)(F)F)C3)CC2)c1. The van der Waals surface area contributed by atoms with Crippen LogP contribution >= 0.6 is 0 Å². The first-order valence-corrected chi connectivity index (χ1v) is 11.6. The Morgan fingerprint density at radius 3 is 2.40 bits per heavy atom. The highest BCUT2D eigenvalue weighted by Gasteiger charge is 2.42. The summed E-state index contributed by atoms with van der Waals surface area (Å²) >= 11 is 0. The normalized spacial score (nSPS) is 24.0. The van der Waals surface area contributed by atoms with Crippen molar-refractivity contribution in [3.8, 4) is 0 Å². The monoisotopic (exact) mass is 447 g/mol. The minimum absolute atomic E-state index is 0.101. The van der Waals surface area contributed by atoms with Crippen molar-refractivity contribution < 1.29 is 26.4 Å². The highest BCUT2D eigenvalue weighted by atomic mass is 32.2. The van der Waals surface area contributed by atoms with Gasteiger partial charge in [0.25, 0.3) is 0 Å². The van der Waals surface area contributed by atoms with Gasteiger partial charge in [-0.15, -0.1) is 0 Å². The number of aryl methyl sites for hydroxylation is 2. The van der Waals surface area contributed by atoms with E-state index in [1.807, 2.05) is 13.0 Å². The molecule has 1 aliphatic carbocycles. The fourth-order valence-corrected chi connectivity index (χ4v) is 5.87. The second-order valence-electron chi connectivity index (χ2n) is 8.21. The van der Waals surface area contributed by atoms with Crippen LogP contribution in [0.2, 0.25) is 0 Å². The lowest BCUT2D eigenvalue weighted by atomic mass is 9.85. The van der Waals surface area contributed by atoms with Gasteiger partial charge in [0.15, 0.2) is 0 Å². The minimum atomic E-state index is -4.24. The maximum Gasteiger partial charge on any atom is 0.391 e. The Morgan fingerprint density at radius 1 is 1.10 bits per heavy atom. The van der Waals surface area contributed by atoms with Crippen LogP contribution in [0.3, 0.4) is 0 Å². The number of amides is 2. The van der Waals surface area contributed by atoms with Gasteiger partial charge in [0.2, 0.25) is 10.0 Å². The smallest absolute Gasteiger partial charge is 0.335 e. The Kier molecular flexibility index (Phi) is 6.66. The standard InChI is InChI=1S/C20H28F3N3O3S/c1-14-6-7-15(2)18(12-14)30(28,29)26-10-8-25(9-11-26)19(27)24-17-5-3-4-16(13-17)20(21,22)23/h6-7,12,16-17H,3-5,8-11,13H2,1-2H3,(H,24,27). The molecule has 30 heavy (non-hydrogen) atoms. The van der Waals surface area contributed by atoms with E-state index in [2.05, 4.69) is 5.32 Å². The van der Waals surface area contributed by atoms with Gasteiger partial charge in [-0.25, -0.2) is 13.2 Å². The lowest BCUT2D eigenvalue weighted by molar-refractivity contribution is -0.183. The molecule has 2 atom stereocenters. The molecule has 1 aliphatic heterocycles. The maximum atomic E-state index is 13.0. The lowest BCUT2D eigenvalue weighted by Crippen LogP contribution is -2.55. The first-order valence-electron chi connectivity index (χ1n) is 10.2. The summed E-state index contributed by atoms with van der Waals surface area (Å²) in [5, 5.41) is 2.71. The highest BCUT2D eigenvalue weighted by Crippen LogP contribution is 2.37. The van der Waals surface area contributed by atoms with E-state index in [1.165, 1.54) is 9.21 Å². The van der Waals surface area contributed by atoms with E-state index in [-0.39, 0.29) is 43.9 Å². The molecule has 1 saturated carbocycles. The molecule has 10 heteroatoms. The molecule has 0 radical (unpaired) electrons. The summed E-state index contributed by atoms with van der Waals surface area (Å²) in [5.74, 6) is -1.38. The fourth-order valence-electron chi connectivity index (χ4n) is 4.14. The molecule has 1 N–H and O–H groups in total. The number of hydrogen-bond donors (Lipinski definition) is 1. The summed E-state index contributed by atoms with van der Waals surface area (Å²) in [6, 6.07) is 4.33. The number of carbonyl (C=O) groups is 1. The van der Waals surface area contributed by atoms with Gasteiger partial charge in [-0.3, -0.25) is 0 Å². The molecule has 0 bridgehead atoms. The summed E-state index contributed by atoms with van der Waals surface area (Å²) in [6.45, 7) is 4.28. The van der Waals surface area contributed by atoms with Gasteiger partial charge in [0.05, 0.1) is 10.8 Å². The molecule has 1 aromatic carbocycles. The molecule has 0 spiro atoms. The minimum Gasteiger partial charge on any atom is -0.335 e. The number of hydrogen-bond acceptors (Lipinski definition) is 3. The Labute approximate surface area is 175 Å². The van der Waals surface area contributed by atoms with Crippen LogP contribution in [0.4, 0.5) is 18.0 Å². The molecule has 2 amide bonds. The summed E-state index contributed by atoms with van der Waals surface area (Å²) in [7, 11) is -3.67. The summed E-state index contributed by atoms with van der Waals surface area (Å²) in [6.07, 6.45) is -3.28. The largest absolute Gasteiger partial charge is 0.391 e. The number of halogens is 3. The number of urea groups is 1. The van der Waals surface area contributed by atoms with E-state index in [4.69, 9.17) is 0 Å². The first-order chi connectivity index (χ1) is 14.0. The molecule has 3 rings (SSSR count). The van der Waals surface area contributed by atoms with E-state index in [9.17, 15) is 26.4 Å². The predicted octanol–water partition coefficient (Wildman–Crippen LogP) is 3.44. The van der Waals surface area contributed by atoms with E-state index >= 15 is 0 Å². The van der Waals surface area contributed by atoms with Gasteiger partial charge in [0, 0.05) is 32.2 Å².